The Morgan fingerprint density at radius 3 is 1.80 bits per heavy atom. The van der Waals surface area contributed by atoms with Crippen molar-refractivity contribution in [1.29, 1.82) is 0 Å². The molecule has 4 saturated carbocycles. The van der Waals surface area contributed by atoms with E-state index < -0.39 is 0 Å². The Kier molecular flexibility index (Phi) is 7.63. The lowest BCUT2D eigenvalue weighted by Gasteiger charge is -2.57. The minimum Gasteiger partial charge on any atom is -0.309 e. The van der Waals surface area contributed by atoms with Crippen molar-refractivity contribution in [2.45, 2.75) is 43.9 Å². The van der Waals surface area contributed by atoms with Gasteiger partial charge in [-0.3, -0.25) is 0 Å². The van der Waals surface area contributed by atoms with Gasteiger partial charge in [0.1, 0.15) is 0 Å². The summed E-state index contributed by atoms with van der Waals surface area (Å²) in [5.41, 5.74) is 10.8. The molecule has 288 valence electrons. The minimum atomic E-state index is 0.372. The van der Waals surface area contributed by atoms with E-state index in [9.17, 15) is 0 Å². The van der Waals surface area contributed by atoms with Gasteiger partial charge in [-0.25, -0.2) is 15.0 Å². The number of benzene rings is 7. The van der Waals surface area contributed by atoms with Crippen LogP contribution in [-0.4, -0.2) is 19.5 Å². The third-order valence-corrected chi connectivity index (χ3v) is 15.5. The highest BCUT2D eigenvalue weighted by Gasteiger charge is 2.51. The zero-order chi connectivity index (χ0) is 39.4. The zero-order valence-corrected chi connectivity index (χ0v) is 34.1. The molecule has 60 heavy (non-hydrogen) atoms. The van der Waals surface area contributed by atoms with Crippen molar-refractivity contribution < 1.29 is 0 Å². The molecule has 7 aromatic carbocycles. The summed E-state index contributed by atoms with van der Waals surface area (Å²) in [6, 6.07) is 59.5. The van der Waals surface area contributed by atoms with E-state index in [0.29, 0.717) is 22.9 Å². The highest BCUT2D eigenvalue weighted by Crippen LogP contribution is 2.60. The van der Waals surface area contributed by atoms with Crippen molar-refractivity contribution in [3.8, 4) is 51.0 Å². The van der Waals surface area contributed by atoms with Crippen LogP contribution in [0.3, 0.4) is 0 Å². The van der Waals surface area contributed by atoms with Crippen molar-refractivity contribution in [2.75, 3.05) is 0 Å². The smallest absolute Gasteiger partial charge is 0.165 e. The molecule has 0 unspecified atom stereocenters. The van der Waals surface area contributed by atoms with E-state index in [0.717, 1.165) is 45.5 Å². The molecule has 14 rings (SSSR count). The van der Waals surface area contributed by atoms with Crippen molar-refractivity contribution in [1.82, 2.24) is 19.5 Å². The Balaban J connectivity index is 0.966. The van der Waals surface area contributed by atoms with Crippen molar-refractivity contribution >= 4 is 53.3 Å². The first kappa shape index (κ1) is 34.4. The molecule has 4 aliphatic rings. The second kappa shape index (κ2) is 13.3. The van der Waals surface area contributed by atoms with Gasteiger partial charge in [0.15, 0.2) is 17.5 Å². The summed E-state index contributed by atoms with van der Waals surface area (Å²) < 4.78 is 4.89. The fraction of sp³-hybridized carbons (Fsp3) is 0.182. The molecule has 4 fully saturated rings. The van der Waals surface area contributed by atoms with E-state index in [1.807, 2.05) is 0 Å². The van der Waals surface area contributed by atoms with Crippen LogP contribution in [0.4, 0.5) is 0 Å². The average Bonchev–Trinajstić information content (AvgIpc) is 3.84. The number of thiophene rings is 1. The quantitative estimate of drug-likeness (QED) is 0.168. The maximum absolute atomic E-state index is 5.32. The van der Waals surface area contributed by atoms with Crippen LogP contribution in [0.2, 0.25) is 0 Å². The van der Waals surface area contributed by atoms with Gasteiger partial charge in [-0.05, 0) is 115 Å². The van der Waals surface area contributed by atoms with E-state index >= 15 is 0 Å². The van der Waals surface area contributed by atoms with Crippen LogP contribution in [0.15, 0.2) is 164 Å². The summed E-state index contributed by atoms with van der Waals surface area (Å²) in [6.07, 6.45) is 8.52. The molecular weight excluding hydrogens is 749 g/mol. The molecule has 0 saturated heterocycles. The first-order valence-corrected chi connectivity index (χ1v) is 22.4. The van der Waals surface area contributed by atoms with Gasteiger partial charge in [-0.2, -0.15) is 0 Å². The van der Waals surface area contributed by atoms with Crippen LogP contribution in [0.25, 0.3) is 93.0 Å². The molecular formula is C55H42N4S. The number of hydrogen-bond acceptors (Lipinski definition) is 4. The molecule has 5 heteroatoms. The Hall–Kier alpha value is -6.43. The summed E-state index contributed by atoms with van der Waals surface area (Å²) in [6.45, 7) is 0. The number of nitrogens with zero attached hydrogens (tertiary/aromatic N) is 4. The fourth-order valence-electron chi connectivity index (χ4n) is 11.9. The van der Waals surface area contributed by atoms with Gasteiger partial charge in [-0.1, -0.05) is 127 Å². The lowest BCUT2D eigenvalue weighted by atomic mass is 9.48. The van der Waals surface area contributed by atoms with Crippen molar-refractivity contribution in [3.05, 3.63) is 169 Å². The van der Waals surface area contributed by atoms with Gasteiger partial charge in [0, 0.05) is 53.3 Å². The molecule has 0 radical (unpaired) electrons. The number of fused-ring (bicyclic) bond motifs is 6. The molecule has 4 bridgehead atoms. The van der Waals surface area contributed by atoms with Gasteiger partial charge in [0.25, 0.3) is 0 Å². The monoisotopic (exact) mass is 790 g/mol. The summed E-state index contributed by atoms with van der Waals surface area (Å²) in [5.74, 6) is 4.78. The van der Waals surface area contributed by atoms with E-state index in [4.69, 9.17) is 15.0 Å². The first-order valence-electron chi connectivity index (χ1n) is 21.6. The Bertz CT molecular complexity index is 3250. The van der Waals surface area contributed by atoms with Crippen LogP contribution in [0, 0.1) is 17.8 Å². The lowest BCUT2D eigenvalue weighted by Crippen LogP contribution is -2.48. The van der Waals surface area contributed by atoms with Crippen LogP contribution >= 0.6 is 11.3 Å². The minimum absolute atomic E-state index is 0.372. The van der Waals surface area contributed by atoms with Gasteiger partial charge in [0.2, 0.25) is 0 Å². The second-order valence-corrected chi connectivity index (χ2v) is 18.9. The summed E-state index contributed by atoms with van der Waals surface area (Å²) in [5, 5.41) is 4.95. The number of hydrogen-bond donors (Lipinski definition) is 0. The van der Waals surface area contributed by atoms with E-state index in [1.54, 1.807) is 16.9 Å². The highest BCUT2D eigenvalue weighted by atomic mass is 32.1. The van der Waals surface area contributed by atoms with Crippen molar-refractivity contribution in [3.63, 3.8) is 0 Å². The standard InChI is InChI=1S/C55H42N4S/c1-2-9-37(10-3-1)38-17-19-39(20-18-38)52-56-53(58-54(57-52)47-14-8-13-46-45-12-5-7-16-50(45)60-51(46)47)40-21-26-44-43-11-4-6-15-48(43)59(49(44)30-40)42-24-22-41(23-25-42)55-31-34-27-35(32-55)29-36(28-34)33-55/h1-26,30,34-36H,27-29,31-33H2. The molecule has 10 aromatic rings. The third-order valence-electron chi connectivity index (χ3n) is 14.2. The maximum atomic E-state index is 5.32. The number of para-hydroxylation sites is 1. The molecule has 4 aliphatic carbocycles. The fourth-order valence-corrected chi connectivity index (χ4v) is 13.1. The van der Waals surface area contributed by atoms with Gasteiger partial charge < -0.3 is 4.57 Å². The predicted octanol–water partition coefficient (Wildman–Crippen LogP) is 14.5. The largest absolute Gasteiger partial charge is 0.309 e. The summed E-state index contributed by atoms with van der Waals surface area (Å²) in [4.78, 5) is 15.8. The van der Waals surface area contributed by atoms with Gasteiger partial charge >= 0.3 is 0 Å². The van der Waals surface area contributed by atoms with Crippen molar-refractivity contribution in [2.24, 2.45) is 17.8 Å². The topological polar surface area (TPSA) is 43.6 Å². The summed E-state index contributed by atoms with van der Waals surface area (Å²) in [7, 11) is 0. The molecule has 0 N–H and O–H groups in total. The van der Waals surface area contributed by atoms with Gasteiger partial charge in [-0.15, -0.1) is 11.3 Å². The van der Waals surface area contributed by atoms with E-state index in [-0.39, 0.29) is 0 Å². The maximum Gasteiger partial charge on any atom is 0.165 e. The van der Waals surface area contributed by atoms with E-state index in [2.05, 4.69) is 168 Å². The Morgan fingerprint density at radius 2 is 1.03 bits per heavy atom. The zero-order valence-electron chi connectivity index (χ0n) is 33.3. The normalized spacial score (nSPS) is 20.8. The Labute approximate surface area is 353 Å². The molecule has 0 amide bonds. The van der Waals surface area contributed by atoms with Crippen LogP contribution in [0.1, 0.15) is 44.1 Å². The van der Waals surface area contributed by atoms with Gasteiger partial charge in [0.05, 0.1) is 11.0 Å². The van der Waals surface area contributed by atoms with E-state index in [1.165, 1.54) is 86.2 Å². The predicted molar refractivity (Wildman–Crippen MR) is 249 cm³/mol. The molecule has 0 spiro atoms. The molecule has 0 atom stereocenters. The van der Waals surface area contributed by atoms with Crippen LogP contribution in [-0.2, 0) is 5.41 Å². The van der Waals surface area contributed by atoms with Crippen LogP contribution < -0.4 is 0 Å². The van der Waals surface area contributed by atoms with Crippen LogP contribution in [0.5, 0.6) is 0 Å². The summed E-state index contributed by atoms with van der Waals surface area (Å²) >= 11 is 1.80. The number of rotatable bonds is 6. The SMILES string of the molecule is c1ccc(-c2ccc(-c3nc(-c4ccc5c6ccccc6n(-c6ccc(C78CC9CC(CC(C9)C7)C8)cc6)c5c4)nc(-c4cccc5c4sc4ccccc45)n3)cc2)cc1. The molecule has 0 aliphatic heterocycles. The number of aromatic nitrogens is 4. The molecule has 4 nitrogen and oxygen atoms in total. The third kappa shape index (κ3) is 5.45. The molecule has 3 heterocycles. The molecule has 3 aromatic heterocycles. The lowest BCUT2D eigenvalue weighted by molar-refractivity contribution is -0.00518. The second-order valence-electron chi connectivity index (χ2n) is 17.9. The first-order chi connectivity index (χ1) is 29.6. The highest BCUT2D eigenvalue weighted by molar-refractivity contribution is 7.26. The Morgan fingerprint density at radius 1 is 0.450 bits per heavy atom. The average molecular weight is 791 g/mol.